The molecule has 1 aliphatic rings. The van der Waals surface area contributed by atoms with Crippen LogP contribution in [0.25, 0.3) is 0 Å². The standard InChI is InChI=1S/C13H20N6O3S/c1-9(18-23(20,21)10-7-15-19(2)8-10)11-16-12(17-22-11)13(14)5-3-4-6-13/h7-9,18H,3-6,14H2,1-2H3. The van der Waals surface area contributed by atoms with Crippen LogP contribution in [-0.4, -0.2) is 28.3 Å². The van der Waals surface area contributed by atoms with E-state index in [1.807, 2.05) is 0 Å². The van der Waals surface area contributed by atoms with E-state index in [0.29, 0.717) is 5.82 Å². The molecular formula is C13H20N6O3S. The Labute approximate surface area is 134 Å². The second kappa shape index (κ2) is 5.69. The quantitative estimate of drug-likeness (QED) is 0.814. The number of hydrogen-bond donors (Lipinski definition) is 2. The molecule has 1 atom stereocenters. The predicted molar refractivity (Wildman–Crippen MR) is 80.6 cm³/mol. The van der Waals surface area contributed by atoms with Gasteiger partial charge in [-0.05, 0) is 19.8 Å². The normalized spacial score (nSPS) is 19.1. The lowest BCUT2D eigenvalue weighted by atomic mass is 9.99. The summed E-state index contributed by atoms with van der Waals surface area (Å²) in [5.41, 5.74) is 5.71. The van der Waals surface area contributed by atoms with Gasteiger partial charge in [-0.1, -0.05) is 18.0 Å². The first-order valence-electron chi connectivity index (χ1n) is 7.44. The van der Waals surface area contributed by atoms with Crippen LogP contribution in [0.15, 0.2) is 21.8 Å². The summed E-state index contributed by atoms with van der Waals surface area (Å²) in [6.45, 7) is 1.64. The summed E-state index contributed by atoms with van der Waals surface area (Å²) < 4.78 is 33.7. The van der Waals surface area contributed by atoms with Crippen molar-refractivity contribution in [1.29, 1.82) is 0 Å². The largest absolute Gasteiger partial charge is 0.338 e. The van der Waals surface area contributed by atoms with Gasteiger partial charge in [-0.2, -0.15) is 14.8 Å². The topological polar surface area (TPSA) is 129 Å². The molecule has 2 aromatic rings. The van der Waals surface area contributed by atoms with Gasteiger partial charge in [0, 0.05) is 13.2 Å². The average Bonchev–Trinajstić information content (AvgIpc) is 3.17. The van der Waals surface area contributed by atoms with Crippen molar-refractivity contribution in [2.45, 2.75) is 49.1 Å². The molecule has 9 nitrogen and oxygen atoms in total. The number of aryl methyl sites for hydroxylation is 1. The Kier molecular flexibility index (Phi) is 3.98. The van der Waals surface area contributed by atoms with Crippen LogP contribution in [0.2, 0.25) is 0 Å². The summed E-state index contributed by atoms with van der Waals surface area (Å²) >= 11 is 0. The fourth-order valence-electron chi connectivity index (χ4n) is 2.73. The van der Waals surface area contributed by atoms with Crippen LogP contribution >= 0.6 is 0 Å². The maximum absolute atomic E-state index is 12.3. The van der Waals surface area contributed by atoms with E-state index in [-0.39, 0.29) is 10.8 Å². The minimum absolute atomic E-state index is 0.0812. The highest BCUT2D eigenvalue weighted by Crippen LogP contribution is 2.34. The Balaban J connectivity index is 1.76. The summed E-state index contributed by atoms with van der Waals surface area (Å²) in [6, 6.07) is -0.661. The van der Waals surface area contributed by atoms with E-state index in [4.69, 9.17) is 10.3 Å². The highest BCUT2D eigenvalue weighted by molar-refractivity contribution is 7.89. The molecular weight excluding hydrogens is 320 g/mol. The molecule has 3 N–H and O–H groups in total. The van der Waals surface area contributed by atoms with Crippen LogP contribution in [0.4, 0.5) is 0 Å². The molecule has 2 heterocycles. The number of aromatic nitrogens is 4. The van der Waals surface area contributed by atoms with Gasteiger partial charge in [-0.15, -0.1) is 0 Å². The van der Waals surface area contributed by atoms with Crippen molar-refractivity contribution < 1.29 is 12.9 Å². The van der Waals surface area contributed by atoms with Crippen molar-refractivity contribution in [1.82, 2.24) is 24.6 Å². The van der Waals surface area contributed by atoms with Gasteiger partial charge in [0.15, 0.2) is 5.82 Å². The number of nitrogens with zero attached hydrogens (tertiary/aromatic N) is 4. The molecule has 0 amide bonds. The van der Waals surface area contributed by atoms with E-state index >= 15 is 0 Å². The van der Waals surface area contributed by atoms with E-state index in [1.54, 1.807) is 14.0 Å². The number of nitrogens with two attached hydrogens (primary N) is 1. The van der Waals surface area contributed by atoms with E-state index in [2.05, 4.69) is 20.0 Å². The fourth-order valence-corrected chi connectivity index (χ4v) is 3.91. The Bertz CT molecular complexity index is 790. The molecule has 3 rings (SSSR count). The van der Waals surface area contributed by atoms with Crippen LogP contribution < -0.4 is 10.5 Å². The Morgan fingerprint density at radius 1 is 1.43 bits per heavy atom. The maximum atomic E-state index is 12.3. The molecule has 2 aromatic heterocycles. The lowest BCUT2D eigenvalue weighted by Gasteiger charge is -2.17. The van der Waals surface area contributed by atoms with Crippen LogP contribution in [0.5, 0.6) is 0 Å². The van der Waals surface area contributed by atoms with Crippen LogP contribution in [0, 0.1) is 0 Å². The molecule has 23 heavy (non-hydrogen) atoms. The molecule has 0 spiro atoms. The van der Waals surface area contributed by atoms with Gasteiger partial charge in [0.1, 0.15) is 4.90 Å². The summed E-state index contributed by atoms with van der Waals surface area (Å²) in [7, 11) is -2.06. The molecule has 10 heteroatoms. The fraction of sp³-hybridized carbons (Fsp3) is 0.615. The summed E-state index contributed by atoms with van der Waals surface area (Å²) in [5.74, 6) is 0.640. The van der Waals surface area contributed by atoms with Gasteiger partial charge in [0.25, 0.3) is 0 Å². The lowest BCUT2D eigenvalue weighted by Crippen LogP contribution is -2.34. The molecule has 0 aromatic carbocycles. The van der Waals surface area contributed by atoms with Gasteiger partial charge >= 0.3 is 0 Å². The van der Waals surface area contributed by atoms with E-state index in [1.165, 1.54) is 17.1 Å². The average molecular weight is 340 g/mol. The smallest absolute Gasteiger partial charge is 0.244 e. The molecule has 0 saturated heterocycles. The van der Waals surface area contributed by atoms with Gasteiger partial charge in [-0.25, -0.2) is 8.42 Å². The zero-order valence-electron chi connectivity index (χ0n) is 13.1. The van der Waals surface area contributed by atoms with Gasteiger partial charge < -0.3 is 10.3 Å². The molecule has 0 aliphatic heterocycles. The summed E-state index contributed by atoms with van der Waals surface area (Å²) in [5, 5.41) is 7.79. The van der Waals surface area contributed by atoms with Crippen LogP contribution in [0.3, 0.4) is 0 Å². The Hall–Kier alpha value is -1.78. The Morgan fingerprint density at radius 2 is 2.13 bits per heavy atom. The van der Waals surface area contributed by atoms with Crippen LogP contribution in [0.1, 0.15) is 50.4 Å². The lowest BCUT2D eigenvalue weighted by molar-refractivity contribution is 0.333. The van der Waals surface area contributed by atoms with E-state index in [0.717, 1.165) is 25.7 Å². The Morgan fingerprint density at radius 3 is 2.74 bits per heavy atom. The molecule has 126 valence electrons. The third kappa shape index (κ3) is 3.14. The van der Waals surface area contributed by atoms with Gasteiger partial charge in [0.05, 0.1) is 17.8 Å². The monoisotopic (exact) mass is 340 g/mol. The molecule has 0 bridgehead atoms. The van der Waals surface area contributed by atoms with E-state index < -0.39 is 21.6 Å². The van der Waals surface area contributed by atoms with Crippen LogP contribution in [-0.2, 0) is 22.6 Å². The molecule has 1 unspecified atom stereocenters. The number of sulfonamides is 1. The van der Waals surface area contributed by atoms with Crippen molar-refractivity contribution in [2.24, 2.45) is 12.8 Å². The van der Waals surface area contributed by atoms with Gasteiger partial charge in [0.2, 0.25) is 15.9 Å². The highest BCUT2D eigenvalue weighted by Gasteiger charge is 2.36. The second-order valence-corrected chi connectivity index (χ2v) is 7.73. The summed E-state index contributed by atoms with van der Waals surface area (Å²) in [4.78, 5) is 4.38. The van der Waals surface area contributed by atoms with Crippen molar-refractivity contribution >= 4 is 10.0 Å². The van der Waals surface area contributed by atoms with Crippen molar-refractivity contribution in [3.63, 3.8) is 0 Å². The highest BCUT2D eigenvalue weighted by atomic mass is 32.2. The maximum Gasteiger partial charge on any atom is 0.244 e. The first-order valence-corrected chi connectivity index (χ1v) is 8.92. The summed E-state index contributed by atoms with van der Waals surface area (Å²) in [6.07, 6.45) is 6.38. The minimum Gasteiger partial charge on any atom is -0.338 e. The zero-order chi connectivity index (χ0) is 16.7. The number of hydrogen-bond acceptors (Lipinski definition) is 7. The molecule has 0 radical (unpaired) electrons. The zero-order valence-corrected chi connectivity index (χ0v) is 13.9. The van der Waals surface area contributed by atoms with Crippen molar-refractivity contribution in [3.8, 4) is 0 Å². The third-order valence-corrected chi connectivity index (χ3v) is 5.57. The van der Waals surface area contributed by atoms with Gasteiger partial charge in [-0.3, -0.25) is 4.68 Å². The minimum atomic E-state index is -3.70. The number of rotatable bonds is 5. The van der Waals surface area contributed by atoms with Crippen molar-refractivity contribution in [3.05, 3.63) is 24.1 Å². The third-order valence-electron chi connectivity index (χ3n) is 4.08. The second-order valence-electron chi connectivity index (χ2n) is 6.01. The molecule has 1 fully saturated rings. The molecule has 1 aliphatic carbocycles. The number of nitrogens with one attached hydrogen (secondary N) is 1. The first kappa shape index (κ1) is 16.1. The molecule has 1 saturated carbocycles. The van der Waals surface area contributed by atoms with Crippen molar-refractivity contribution in [2.75, 3.05) is 0 Å². The van der Waals surface area contributed by atoms with E-state index in [9.17, 15) is 8.42 Å². The first-order chi connectivity index (χ1) is 10.8. The predicted octanol–water partition coefficient (Wildman–Crippen LogP) is 0.571. The SMILES string of the molecule is CC(NS(=O)(=O)c1cnn(C)c1)c1nc(C2(N)CCCC2)no1.